The van der Waals surface area contributed by atoms with Crippen molar-refractivity contribution < 1.29 is 17.2 Å². The Hall–Kier alpha value is -2.51. The molecule has 3 aromatic rings. The normalized spacial score (nSPS) is 17.3. The van der Waals surface area contributed by atoms with Crippen molar-refractivity contribution in [1.29, 1.82) is 0 Å². The molecule has 0 saturated carbocycles. The summed E-state index contributed by atoms with van der Waals surface area (Å²) in [7, 11) is -3.88. The standard InChI is InChI=1S/C22H22F2N2O2S/c1-14-11-15(2)22(16(3)12-14)29(27,28)26-10-9-25-8-4-5-20(25)21(26)17-6-7-18(23)19(24)13-17/h4-8,11-13,21H,9-10H2,1-3H3. The Kier molecular flexibility index (Phi) is 4.83. The van der Waals surface area contributed by atoms with Gasteiger partial charge >= 0.3 is 0 Å². The summed E-state index contributed by atoms with van der Waals surface area (Å²) in [6.45, 7) is 6.22. The molecular weight excluding hydrogens is 394 g/mol. The molecule has 4 rings (SSSR count). The molecule has 0 bridgehead atoms. The maximum atomic E-state index is 14.0. The van der Waals surface area contributed by atoms with Crippen LogP contribution in [0.15, 0.2) is 53.6 Å². The molecule has 2 aromatic carbocycles. The second-order valence-electron chi connectivity index (χ2n) is 7.55. The molecule has 1 unspecified atom stereocenters. The monoisotopic (exact) mass is 416 g/mol. The van der Waals surface area contributed by atoms with Gasteiger partial charge in [-0.2, -0.15) is 4.31 Å². The van der Waals surface area contributed by atoms with E-state index >= 15 is 0 Å². The summed E-state index contributed by atoms with van der Waals surface area (Å²) >= 11 is 0. The molecule has 0 amide bonds. The van der Waals surface area contributed by atoms with Crippen LogP contribution in [0.5, 0.6) is 0 Å². The van der Waals surface area contributed by atoms with Crippen molar-refractivity contribution >= 4 is 10.0 Å². The molecule has 0 saturated heterocycles. The Balaban J connectivity index is 1.91. The number of aromatic nitrogens is 1. The zero-order chi connectivity index (χ0) is 20.9. The molecule has 0 fully saturated rings. The number of rotatable bonds is 3. The van der Waals surface area contributed by atoms with E-state index < -0.39 is 27.7 Å². The smallest absolute Gasteiger partial charge is 0.244 e. The summed E-state index contributed by atoms with van der Waals surface area (Å²) in [5, 5.41) is 0. The van der Waals surface area contributed by atoms with Crippen molar-refractivity contribution in [2.45, 2.75) is 38.3 Å². The molecule has 1 aliphatic rings. The second-order valence-corrected chi connectivity index (χ2v) is 9.37. The molecule has 2 heterocycles. The quantitative estimate of drug-likeness (QED) is 0.632. The first kappa shape index (κ1) is 19.8. The minimum absolute atomic E-state index is 0.237. The van der Waals surface area contributed by atoms with Crippen LogP contribution in [0.3, 0.4) is 0 Å². The van der Waals surface area contributed by atoms with Gasteiger partial charge in [0, 0.05) is 25.0 Å². The summed E-state index contributed by atoms with van der Waals surface area (Å²) in [5.41, 5.74) is 3.46. The van der Waals surface area contributed by atoms with E-state index in [1.54, 1.807) is 13.8 Å². The number of hydrogen-bond donors (Lipinski definition) is 0. The van der Waals surface area contributed by atoms with Crippen LogP contribution in [-0.4, -0.2) is 23.8 Å². The third-order valence-corrected chi connectivity index (χ3v) is 7.60. The summed E-state index contributed by atoms with van der Waals surface area (Å²) in [6.07, 6.45) is 1.87. The van der Waals surface area contributed by atoms with E-state index in [9.17, 15) is 17.2 Å². The maximum absolute atomic E-state index is 14.0. The van der Waals surface area contributed by atoms with Crippen LogP contribution in [0.2, 0.25) is 0 Å². The first-order chi connectivity index (χ1) is 13.7. The van der Waals surface area contributed by atoms with Crippen molar-refractivity contribution in [1.82, 2.24) is 8.87 Å². The molecular formula is C22H22F2N2O2S. The van der Waals surface area contributed by atoms with E-state index in [0.29, 0.717) is 23.2 Å². The molecule has 1 aromatic heterocycles. The lowest BCUT2D eigenvalue weighted by molar-refractivity contribution is 0.297. The summed E-state index contributed by atoms with van der Waals surface area (Å²) in [4.78, 5) is 0.274. The van der Waals surface area contributed by atoms with E-state index in [4.69, 9.17) is 0 Å². The van der Waals surface area contributed by atoms with Crippen LogP contribution in [0, 0.1) is 32.4 Å². The van der Waals surface area contributed by atoms with Gasteiger partial charge in [0.25, 0.3) is 0 Å². The highest BCUT2D eigenvalue weighted by molar-refractivity contribution is 7.89. The Morgan fingerprint density at radius 1 is 0.931 bits per heavy atom. The van der Waals surface area contributed by atoms with Gasteiger partial charge in [-0.1, -0.05) is 23.8 Å². The highest BCUT2D eigenvalue weighted by atomic mass is 32.2. The highest BCUT2D eigenvalue weighted by Crippen LogP contribution is 2.38. The lowest BCUT2D eigenvalue weighted by Crippen LogP contribution is -2.42. The fourth-order valence-corrected chi connectivity index (χ4v) is 6.33. The molecule has 152 valence electrons. The molecule has 0 radical (unpaired) electrons. The summed E-state index contributed by atoms with van der Waals surface area (Å²) in [5.74, 6) is -1.95. The van der Waals surface area contributed by atoms with Crippen molar-refractivity contribution in [3.63, 3.8) is 0 Å². The molecule has 7 heteroatoms. The fraction of sp³-hybridized carbons (Fsp3) is 0.273. The maximum Gasteiger partial charge on any atom is 0.244 e. The lowest BCUT2D eigenvalue weighted by Gasteiger charge is -2.37. The van der Waals surface area contributed by atoms with Crippen LogP contribution in [0.4, 0.5) is 8.78 Å². The van der Waals surface area contributed by atoms with E-state index in [1.807, 2.05) is 42.0 Å². The van der Waals surface area contributed by atoms with Gasteiger partial charge in [-0.05, 0) is 61.7 Å². The van der Waals surface area contributed by atoms with Crippen molar-refractivity contribution in [3.8, 4) is 0 Å². The number of aryl methyl sites for hydroxylation is 3. The Morgan fingerprint density at radius 2 is 1.62 bits per heavy atom. The number of sulfonamides is 1. The first-order valence-electron chi connectivity index (χ1n) is 9.40. The van der Waals surface area contributed by atoms with Crippen LogP contribution in [0.25, 0.3) is 0 Å². The summed E-state index contributed by atoms with van der Waals surface area (Å²) in [6, 6.07) is 10.2. The SMILES string of the molecule is Cc1cc(C)c(S(=O)(=O)N2CCn3cccc3C2c2ccc(F)c(F)c2)c(C)c1. The van der Waals surface area contributed by atoms with E-state index in [1.165, 1.54) is 10.4 Å². The number of halogens is 2. The van der Waals surface area contributed by atoms with Gasteiger partial charge in [-0.25, -0.2) is 17.2 Å². The molecule has 1 atom stereocenters. The minimum Gasteiger partial charge on any atom is -0.348 e. The topological polar surface area (TPSA) is 42.3 Å². The third-order valence-electron chi connectivity index (χ3n) is 5.42. The minimum atomic E-state index is -3.88. The van der Waals surface area contributed by atoms with Crippen LogP contribution in [0.1, 0.15) is 34.0 Å². The number of nitrogens with zero attached hydrogens (tertiary/aromatic N) is 2. The van der Waals surface area contributed by atoms with Crippen LogP contribution >= 0.6 is 0 Å². The zero-order valence-electron chi connectivity index (χ0n) is 16.5. The van der Waals surface area contributed by atoms with Gasteiger partial charge in [0.2, 0.25) is 10.0 Å². The van der Waals surface area contributed by atoms with Crippen LogP contribution < -0.4 is 0 Å². The van der Waals surface area contributed by atoms with Crippen molar-refractivity contribution in [3.05, 3.63) is 88.2 Å². The molecule has 29 heavy (non-hydrogen) atoms. The second kappa shape index (κ2) is 7.07. The molecule has 4 nitrogen and oxygen atoms in total. The van der Waals surface area contributed by atoms with Gasteiger partial charge in [0.05, 0.1) is 10.9 Å². The Labute approximate surface area is 169 Å². The largest absolute Gasteiger partial charge is 0.348 e. The van der Waals surface area contributed by atoms with Gasteiger partial charge in [0.1, 0.15) is 0 Å². The summed E-state index contributed by atoms with van der Waals surface area (Å²) < 4.78 is 58.4. The molecule has 0 N–H and O–H groups in total. The fourth-order valence-electron chi connectivity index (χ4n) is 4.33. The number of benzene rings is 2. The van der Waals surface area contributed by atoms with Gasteiger partial charge in [-0.15, -0.1) is 0 Å². The zero-order valence-corrected chi connectivity index (χ0v) is 17.3. The number of hydrogen-bond acceptors (Lipinski definition) is 2. The molecule has 0 spiro atoms. The predicted octanol–water partition coefficient (Wildman–Crippen LogP) is 4.49. The van der Waals surface area contributed by atoms with Crippen LogP contribution in [-0.2, 0) is 16.6 Å². The predicted molar refractivity (Wildman–Crippen MR) is 107 cm³/mol. The molecule has 1 aliphatic heterocycles. The third kappa shape index (κ3) is 3.28. The van der Waals surface area contributed by atoms with E-state index in [2.05, 4.69) is 0 Å². The van der Waals surface area contributed by atoms with E-state index in [0.717, 1.165) is 23.4 Å². The average Bonchev–Trinajstić information content (AvgIpc) is 3.11. The van der Waals surface area contributed by atoms with Gasteiger partial charge in [-0.3, -0.25) is 0 Å². The van der Waals surface area contributed by atoms with Crippen molar-refractivity contribution in [2.75, 3.05) is 6.54 Å². The van der Waals surface area contributed by atoms with Crippen molar-refractivity contribution in [2.24, 2.45) is 0 Å². The lowest BCUT2D eigenvalue weighted by atomic mass is 10.0. The molecule has 0 aliphatic carbocycles. The first-order valence-corrected chi connectivity index (χ1v) is 10.8. The Morgan fingerprint density at radius 3 is 2.28 bits per heavy atom. The van der Waals surface area contributed by atoms with Gasteiger partial charge in [0.15, 0.2) is 11.6 Å². The van der Waals surface area contributed by atoms with E-state index in [-0.39, 0.29) is 11.4 Å². The van der Waals surface area contributed by atoms with Gasteiger partial charge < -0.3 is 4.57 Å². The highest BCUT2D eigenvalue weighted by Gasteiger charge is 2.39. The Bertz CT molecular complexity index is 1180. The number of fused-ring (bicyclic) bond motifs is 1. The average molecular weight is 416 g/mol.